The first-order valence-corrected chi connectivity index (χ1v) is 6.98. The van der Waals surface area contributed by atoms with Crippen molar-refractivity contribution in [3.8, 4) is 0 Å². The molecule has 1 saturated carbocycles. The summed E-state index contributed by atoms with van der Waals surface area (Å²) in [7, 11) is 2.10. The molecule has 2 heteroatoms. The Bertz CT molecular complexity index is 193. The van der Waals surface area contributed by atoms with Gasteiger partial charge in [0.15, 0.2) is 0 Å². The zero-order valence-electron chi connectivity index (χ0n) is 11.4. The Morgan fingerprint density at radius 2 is 1.81 bits per heavy atom. The fourth-order valence-electron chi connectivity index (χ4n) is 3.11. The van der Waals surface area contributed by atoms with E-state index in [1.165, 1.54) is 32.1 Å². The molecule has 1 rings (SSSR count). The van der Waals surface area contributed by atoms with Gasteiger partial charge in [-0.25, -0.2) is 0 Å². The van der Waals surface area contributed by atoms with Gasteiger partial charge < -0.3 is 5.11 Å². The SMILES string of the molecule is CCC(O)N(C)C1CCCCCC1C(C)C. The van der Waals surface area contributed by atoms with E-state index in [0.29, 0.717) is 6.04 Å². The first-order chi connectivity index (χ1) is 7.57. The third-order valence-corrected chi connectivity index (χ3v) is 4.25. The highest BCUT2D eigenvalue weighted by molar-refractivity contribution is 4.83. The van der Waals surface area contributed by atoms with Gasteiger partial charge in [-0.05, 0) is 38.1 Å². The average molecular weight is 227 g/mol. The molecule has 1 aliphatic carbocycles. The van der Waals surface area contributed by atoms with Crippen LogP contribution in [-0.4, -0.2) is 29.3 Å². The van der Waals surface area contributed by atoms with Crippen LogP contribution >= 0.6 is 0 Å². The maximum absolute atomic E-state index is 10.00. The first-order valence-electron chi connectivity index (χ1n) is 6.98. The van der Waals surface area contributed by atoms with Crippen LogP contribution in [0.4, 0.5) is 0 Å². The molecule has 1 fully saturated rings. The summed E-state index contributed by atoms with van der Waals surface area (Å²) in [5, 5.41) is 10.00. The Kier molecular flexibility index (Phi) is 5.77. The average Bonchev–Trinajstić information content (AvgIpc) is 2.52. The van der Waals surface area contributed by atoms with Crippen LogP contribution in [0.5, 0.6) is 0 Å². The van der Waals surface area contributed by atoms with Crippen LogP contribution in [0.1, 0.15) is 59.3 Å². The minimum Gasteiger partial charge on any atom is -0.378 e. The van der Waals surface area contributed by atoms with Crippen LogP contribution in [0.15, 0.2) is 0 Å². The Balaban J connectivity index is 2.70. The van der Waals surface area contributed by atoms with Crippen molar-refractivity contribution in [2.45, 2.75) is 71.6 Å². The van der Waals surface area contributed by atoms with Gasteiger partial charge in [-0.1, -0.05) is 40.0 Å². The topological polar surface area (TPSA) is 23.5 Å². The third-order valence-electron chi connectivity index (χ3n) is 4.25. The maximum Gasteiger partial charge on any atom is 0.107 e. The summed E-state index contributed by atoms with van der Waals surface area (Å²) >= 11 is 0. The molecule has 0 radical (unpaired) electrons. The van der Waals surface area contributed by atoms with E-state index in [-0.39, 0.29) is 6.23 Å². The van der Waals surface area contributed by atoms with Crippen molar-refractivity contribution >= 4 is 0 Å². The molecule has 0 bridgehead atoms. The molecule has 0 aromatic carbocycles. The monoisotopic (exact) mass is 227 g/mol. The second-order valence-corrected chi connectivity index (χ2v) is 5.67. The molecule has 1 aliphatic rings. The van der Waals surface area contributed by atoms with Gasteiger partial charge in [0, 0.05) is 6.04 Å². The van der Waals surface area contributed by atoms with Crippen LogP contribution in [0.3, 0.4) is 0 Å². The summed E-state index contributed by atoms with van der Waals surface area (Å²) < 4.78 is 0. The number of rotatable bonds is 4. The highest BCUT2D eigenvalue weighted by Gasteiger charge is 2.31. The van der Waals surface area contributed by atoms with Gasteiger partial charge in [-0.2, -0.15) is 0 Å². The number of aliphatic hydroxyl groups excluding tert-OH is 1. The molecule has 1 N–H and O–H groups in total. The molecule has 0 saturated heterocycles. The molecule has 0 heterocycles. The van der Waals surface area contributed by atoms with Gasteiger partial charge >= 0.3 is 0 Å². The lowest BCUT2D eigenvalue weighted by atomic mass is 9.84. The van der Waals surface area contributed by atoms with E-state index in [2.05, 4.69) is 32.7 Å². The molecule has 3 atom stereocenters. The Labute approximate surface area is 101 Å². The van der Waals surface area contributed by atoms with E-state index in [9.17, 15) is 5.11 Å². The first kappa shape index (κ1) is 14.0. The molecular weight excluding hydrogens is 198 g/mol. The van der Waals surface area contributed by atoms with Crippen molar-refractivity contribution in [3.63, 3.8) is 0 Å². The van der Waals surface area contributed by atoms with Crippen molar-refractivity contribution in [2.24, 2.45) is 11.8 Å². The van der Waals surface area contributed by atoms with Crippen molar-refractivity contribution in [1.82, 2.24) is 4.90 Å². The lowest BCUT2D eigenvalue weighted by molar-refractivity contribution is -0.0328. The second-order valence-electron chi connectivity index (χ2n) is 5.67. The molecule has 0 aliphatic heterocycles. The number of hydrogen-bond acceptors (Lipinski definition) is 2. The number of aliphatic hydroxyl groups is 1. The van der Waals surface area contributed by atoms with Crippen molar-refractivity contribution in [2.75, 3.05) is 7.05 Å². The molecule has 0 spiro atoms. The van der Waals surface area contributed by atoms with Crippen molar-refractivity contribution < 1.29 is 5.11 Å². The Morgan fingerprint density at radius 3 is 2.38 bits per heavy atom. The molecule has 3 unspecified atom stereocenters. The lowest BCUT2D eigenvalue weighted by Crippen LogP contribution is -2.45. The molecule has 0 amide bonds. The highest BCUT2D eigenvalue weighted by Crippen LogP contribution is 2.32. The van der Waals surface area contributed by atoms with E-state index < -0.39 is 0 Å². The highest BCUT2D eigenvalue weighted by atomic mass is 16.3. The summed E-state index contributed by atoms with van der Waals surface area (Å²) in [6, 6.07) is 0.581. The van der Waals surface area contributed by atoms with Gasteiger partial charge in [-0.15, -0.1) is 0 Å². The Morgan fingerprint density at radius 1 is 1.19 bits per heavy atom. The summed E-state index contributed by atoms with van der Waals surface area (Å²) in [6.45, 7) is 6.71. The summed E-state index contributed by atoms with van der Waals surface area (Å²) in [6.07, 6.45) is 7.24. The lowest BCUT2D eigenvalue weighted by Gasteiger charge is -2.38. The molecule has 0 aromatic heterocycles. The van der Waals surface area contributed by atoms with Crippen LogP contribution in [0.2, 0.25) is 0 Å². The molecule has 2 nitrogen and oxygen atoms in total. The molecular formula is C14H29NO. The van der Waals surface area contributed by atoms with Gasteiger partial charge in [0.2, 0.25) is 0 Å². The van der Waals surface area contributed by atoms with Gasteiger partial charge in [0.25, 0.3) is 0 Å². The molecule has 0 aromatic rings. The van der Waals surface area contributed by atoms with E-state index in [4.69, 9.17) is 0 Å². The van der Waals surface area contributed by atoms with E-state index >= 15 is 0 Å². The standard InChI is InChI=1S/C14H29NO/c1-5-14(16)15(4)13-10-8-6-7-9-12(13)11(2)3/h11-14,16H,5-10H2,1-4H3. The summed E-state index contributed by atoms with van der Waals surface area (Å²) in [4.78, 5) is 2.22. The molecule has 96 valence electrons. The normalized spacial score (nSPS) is 29.4. The number of hydrogen-bond donors (Lipinski definition) is 1. The zero-order chi connectivity index (χ0) is 12.1. The van der Waals surface area contributed by atoms with E-state index in [1.807, 2.05) is 0 Å². The van der Waals surface area contributed by atoms with Crippen molar-refractivity contribution in [1.29, 1.82) is 0 Å². The Hall–Kier alpha value is -0.0800. The number of nitrogens with zero attached hydrogens (tertiary/aromatic N) is 1. The summed E-state index contributed by atoms with van der Waals surface area (Å²) in [5.41, 5.74) is 0. The maximum atomic E-state index is 10.00. The largest absolute Gasteiger partial charge is 0.378 e. The molecule has 16 heavy (non-hydrogen) atoms. The van der Waals surface area contributed by atoms with Crippen LogP contribution < -0.4 is 0 Å². The quantitative estimate of drug-likeness (QED) is 0.588. The predicted molar refractivity (Wildman–Crippen MR) is 69.3 cm³/mol. The fourth-order valence-corrected chi connectivity index (χ4v) is 3.11. The zero-order valence-corrected chi connectivity index (χ0v) is 11.4. The predicted octanol–water partition coefficient (Wildman–Crippen LogP) is 3.25. The minimum atomic E-state index is -0.260. The van der Waals surface area contributed by atoms with Crippen LogP contribution in [0, 0.1) is 11.8 Å². The van der Waals surface area contributed by atoms with Crippen LogP contribution in [0.25, 0.3) is 0 Å². The van der Waals surface area contributed by atoms with Gasteiger partial charge in [-0.3, -0.25) is 4.90 Å². The van der Waals surface area contributed by atoms with E-state index in [1.54, 1.807) is 0 Å². The fraction of sp³-hybridized carbons (Fsp3) is 1.00. The smallest absolute Gasteiger partial charge is 0.107 e. The second kappa shape index (κ2) is 6.61. The minimum absolute atomic E-state index is 0.260. The van der Waals surface area contributed by atoms with Gasteiger partial charge in [0.05, 0.1) is 0 Å². The summed E-state index contributed by atoms with van der Waals surface area (Å²) in [5.74, 6) is 1.49. The van der Waals surface area contributed by atoms with Crippen molar-refractivity contribution in [3.05, 3.63) is 0 Å². The third kappa shape index (κ3) is 3.46. The van der Waals surface area contributed by atoms with E-state index in [0.717, 1.165) is 18.3 Å². The van der Waals surface area contributed by atoms with Gasteiger partial charge in [0.1, 0.15) is 6.23 Å². The van der Waals surface area contributed by atoms with Crippen LogP contribution in [-0.2, 0) is 0 Å².